The van der Waals surface area contributed by atoms with E-state index in [2.05, 4.69) is 15.3 Å². The SMILES string of the molecule is Cc1ccc2[nH]c(CCC(=O)NCCS(=O)(=O)C(C)C)nc2c1C. The van der Waals surface area contributed by atoms with Gasteiger partial charge in [-0.3, -0.25) is 4.79 Å². The van der Waals surface area contributed by atoms with Gasteiger partial charge in [-0.1, -0.05) is 6.07 Å². The number of nitrogens with one attached hydrogen (secondary N) is 2. The van der Waals surface area contributed by atoms with E-state index in [-0.39, 0.29) is 24.6 Å². The number of aromatic amines is 1. The molecule has 0 saturated carbocycles. The molecule has 0 saturated heterocycles. The van der Waals surface area contributed by atoms with Gasteiger partial charge in [-0.05, 0) is 44.9 Å². The second-order valence-electron chi connectivity index (χ2n) is 6.35. The van der Waals surface area contributed by atoms with Crippen LogP contribution in [0.1, 0.15) is 37.2 Å². The fourth-order valence-electron chi connectivity index (χ4n) is 2.37. The molecule has 0 aliphatic heterocycles. The van der Waals surface area contributed by atoms with Crippen molar-refractivity contribution in [2.45, 2.75) is 45.8 Å². The van der Waals surface area contributed by atoms with Gasteiger partial charge in [0.1, 0.15) is 5.82 Å². The minimum atomic E-state index is -3.12. The first kappa shape index (κ1) is 18.4. The Morgan fingerprint density at radius 1 is 1.29 bits per heavy atom. The van der Waals surface area contributed by atoms with Crippen molar-refractivity contribution in [3.63, 3.8) is 0 Å². The van der Waals surface area contributed by atoms with Crippen LogP contribution in [0, 0.1) is 13.8 Å². The maximum absolute atomic E-state index is 11.9. The van der Waals surface area contributed by atoms with Crippen molar-refractivity contribution in [1.82, 2.24) is 15.3 Å². The Morgan fingerprint density at radius 3 is 2.67 bits per heavy atom. The third kappa shape index (κ3) is 4.35. The van der Waals surface area contributed by atoms with Crippen molar-refractivity contribution >= 4 is 26.8 Å². The summed E-state index contributed by atoms with van der Waals surface area (Å²) in [5.41, 5.74) is 4.23. The van der Waals surface area contributed by atoms with Gasteiger partial charge >= 0.3 is 0 Å². The van der Waals surface area contributed by atoms with Crippen LogP contribution in [0.3, 0.4) is 0 Å². The summed E-state index contributed by atoms with van der Waals surface area (Å²) in [6, 6.07) is 4.03. The van der Waals surface area contributed by atoms with Crippen LogP contribution in [0.5, 0.6) is 0 Å². The lowest BCUT2D eigenvalue weighted by atomic mass is 10.1. The smallest absolute Gasteiger partial charge is 0.220 e. The fraction of sp³-hybridized carbons (Fsp3) is 0.529. The largest absolute Gasteiger partial charge is 0.355 e. The summed E-state index contributed by atoms with van der Waals surface area (Å²) in [4.78, 5) is 19.6. The Hall–Kier alpha value is -1.89. The van der Waals surface area contributed by atoms with E-state index in [1.54, 1.807) is 13.8 Å². The van der Waals surface area contributed by atoms with Crippen LogP contribution in [-0.4, -0.2) is 41.8 Å². The molecule has 0 bridgehead atoms. The molecule has 2 aromatic rings. The number of amides is 1. The molecule has 132 valence electrons. The van der Waals surface area contributed by atoms with Crippen molar-refractivity contribution in [1.29, 1.82) is 0 Å². The molecule has 2 N–H and O–H groups in total. The lowest BCUT2D eigenvalue weighted by molar-refractivity contribution is -0.120. The summed E-state index contributed by atoms with van der Waals surface area (Å²) in [6.07, 6.45) is 0.773. The average Bonchev–Trinajstić information content (AvgIpc) is 2.92. The summed E-state index contributed by atoms with van der Waals surface area (Å²) in [7, 11) is -3.12. The van der Waals surface area contributed by atoms with Crippen molar-refractivity contribution < 1.29 is 13.2 Å². The van der Waals surface area contributed by atoms with E-state index in [4.69, 9.17) is 0 Å². The van der Waals surface area contributed by atoms with E-state index in [0.29, 0.717) is 6.42 Å². The Bertz CT molecular complexity index is 838. The molecule has 0 radical (unpaired) electrons. The zero-order valence-electron chi connectivity index (χ0n) is 14.6. The lowest BCUT2D eigenvalue weighted by Gasteiger charge is -2.08. The molecule has 0 aliphatic rings. The van der Waals surface area contributed by atoms with Crippen LogP contribution in [0.25, 0.3) is 11.0 Å². The predicted octanol–water partition coefficient (Wildman–Crippen LogP) is 2.05. The second kappa shape index (κ2) is 7.34. The molecule has 1 amide bonds. The number of H-pyrrole nitrogens is 1. The minimum absolute atomic E-state index is 0.0283. The van der Waals surface area contributed by atoms with Crippen LogP contribution >= 0.6 is 0 Å². The highest BCUT2D eigenvalue weighted by Crippen LogP contribution is 2.19. The first-order chi connectivity index (χ1) is 11.2. The number of carbonyl (C=O) groups is 1. The van der Waals surface area contributed by atoms with Gasteiger partial charge in [-0.15, -0.1) is 0 Å². The Labute approximate surface area is 143 Å². The Balaban J connectivity index is 1.87. The normalized spacial score (nSPS) is 12.0. The molecule has 24 heavy (non-hydrogen) atoms. The van der Waals surface area contributed by atoms with Crippen LogP contribution < -0.4 is 5.32 Å². The molecule has 1 aromatic heterocycles. The summed E-state index contributed by atoms with van der Waals surface area (Å²) < 4.78 is 23.4. The molecule has 0 aliphatic carbocycles. The predicted molar refractivity (Wildman–Crippen MR) is 95.8 cm³/mol. The van der Waals surface area contributed by atoms with Gasteiger partial charge in [0, 0.05) is 19.4 Å². The van der Waals surface area contributed by atoms with Crippen LogP contribution in [0.15, 0.2) is 12.1 Å². The Morgan fingerprint density at radius 2 is 2.00 bits per heavy atom. The number of aromatic nitrogens is 2. The second-order valence-corrected chi connectivity index (χ2v) is 9.03. The van der Waals surface area contributed by atoms with Gasteiger partial charge in [0.2, 0.25) is 5.91 Å². The molecule has 0 fully saturated rings. The molecule has 1 heterocycles. The van der Waals surface area contributed by atoms with Crippen LogP contribution in [0.4, 0.5) is 0 Å². The number of hydrogen-bond acceptors (Lipinski definition) is 4. The highest BCUT2D eigenvalue weighted by Gasteiger charge is 2.16. The number of sulfone groups is 1. The summed E-state index contributed by atoms with van der Waals surface area (Å²) >= 11 is 0. The molecule has 1 aromatic carbocycles. The molecular weight excluding hydrogens is 326 g/mol. The third-order valence-electron chi connectivity index (χ3n) is 4.24. The fourth-order valence-corrected chi connectivity index (χ4v) is 3.23. The highest BCUT2D eigenvalue weighted by molar-refractivity contribution is 7.92. The number of rotatable bonds is 7. The number of fused-ring (bicyclic) bond motifs is 1. The standard InChI is InChI=1S/C17H25N3O3S/c1-11(2)24(22,23)10-9-18-16(21)8-7-15-19-14-6-5-12(3)13(4)17(14)20-15/h5-6,11H,7-10H2,1-4H3,(H,18,21)(H,19,20). The molecular formula is C17H25N3O3S. The molecule has 7 heteroatoms. The summed E-state index contributed by atoms with van der Waals surface area (Å²) in [6.45, 7) is 7.51. The van der Waals surface area contributed by atoms with Gasteiger partial charge in [0.05, 0.1) is 22.0 Å². The van der Waals surface area contributed by atoms with Crippen molar-refractivity contribution in [3.8, 4) is 0 Å². The lowest BCUT2D eigenvalue weighted by Crippen LogP contribution is -2.31. The first-order valence-electron chi connectivity index (χ1n) is 8.14. The van der Waals surface area contributed by atoms with E-state index in [0.717, 1.165) is 22.4 Å². The van der Waals surface area contributed by atoms with Gasteiger partial charge < -0.3 is 10.3 Å². The molecule has 0 unspecified atom stereocenters. The summed E-state index contributed by atoms with van der Waals surface area (Å²) in [5.74, 6) is 0.574. The van der Waals surface area contributed by atoms with Gasteiger partial charge in [-0.25, -0.2) is 13.4 Å². The van der Waals surface area contributed by atoms with Crippen LogP contribution in [0.2, 0.25) is 0 Å². The van der Waals surface area contributed by atoms with Crippen LogP contribution in [-0.2, 0) is 21.1 Å². The molecule has 6 nitrogen and oxygen atoms in total. The third-order valence-corrected chi connectivity index (χ3v) is 6.45. The highest BCUT2D eigenvalue weighted by atomic mass is 32.2. The first-order valence-corrected chi connectivity index (χ1v) is 9.85. The average molecular weight is 351 g/mol. The number of hydrogen-bond donors (Lipinski definition) is 2. The monoisotopic (exact) mass is 351 g/mol. The van der Waals surface area contributed by atoms with Gasteiger partial charge in [0.25, 0.3) is 0 Å². The number of aryl methyl sites for hydroxylation is 3. The topological polar surface area (TPSA) is 91.9 Å². The maximum atomic E-state index is 11.9. The number of imidazole rings is 1. The number of carbonyl (C=O) groups excluding carboxylic acids is 1. The van der Waals surface area contributed by atoms with Gasteiger partial charge in [-0.2, -0.15) is 0 Å². The molecule has 0 spiro atoms. The quantitative estimate of drug-likeness (QED) is 0.798. The van der Waals surface area contributed by atoms with Crippen molar-refractivity contribution in [3.05, 3.63) is 29.1 Å². The zero-order chi connectivity index (χ0) is 17.9. The minimum Gasteiger partial charge on any atom is -0.355 e. The zero-order valence-corrected chi connectivity index (χ0v) is 15.5. The number of nitrogens with zero attached hydrogens (tertiary/aromatic N) is 1. The van der Waals surface area contributed by atoms with E-state index >= 15 is 0 Å². The van der Waals surface area contributed by atoms with E-state index in [9.17, 15) is 13.2 Å². The van der Waals surface area contributed by atoms with E-state index < -0.39 is 15.1 Å². The van der Waals surface area contributed by atoms with Crippen molar-refractivity contribution in [2.75, 3.05) is 12.3 Å². The van der Waals surface area contributed by atoms with E-state index in [1.165, 1.54) is 5.56 Å². The molecule has 2 rings (SSSR count). The van der Waals surface area contributed by atoms with Crippen molar-refractivity contribution in [2.24, 2.45) is 0 Å². The number of benzene rings is 1. The van der Waals surface area contributed by atoms with E-state index in [1.807, 2.05) is 26.0 Å². The molecule has 0 atom stereocenters. The van der Waals surface area contributed by atoms with Gasteiger partial charge in [0.15, 0.2) is 9.84 Å². The summed E-state index contributed by atoms with van der Waals surface area (Å²) in [5, 5.41) is 2.24. The Kier molecular flexibility index (Phi) is 5.64. The maximum Gasteiger partial charge on any atom is 0.220 e.